The lowest BCUT2D eigenvalue weighted by atomic mass is 10.1. The highest BCUT2D eigenvalue weighted by Crippen LogP contribution is 2.20. The fraction of sp³-hybridized carbons (Fsp3) is 0.545. The first-order valence-electron chi connectivity index (χ1n) is 10.4. The van der Waals surface area contributed by atoms with Crippen LogP contribution in [0.15, 0.2) is 40.4 Å². The standard InChI is InChI=1S/C22H36N6O2S/c1-16(2)20-18(15-28(8)25-20)14-27(7)21(23-6)24-13-17-11-9-10-12-19(17)31(29,30)26-22(3,4)5/h9-12,15-16,26H,13-14H2,1-8H3,(H,23,24). The van der Waals surface area contributed by atoms with Gasteiger partial charge in [0.25, 0.3) is 0 Å². The number of aromatic nitrogens is 2. The maximum atomic E-state index is 12.9. The van der Waals surface area contributed by atoms with Crippen molar-refractivity contribution in [3.63, 3.8) is 0 Å². The molecular formula is C22H36N6O2S. The Labute approximate surface area is 186 Å². The first-order valence-corrected chi connectivity index (χ1v) is 11.9. The van der Waals surface area contributed by atoms with Crippen molar-refractivity contribution in [2.45, 2.75) is 64.1 Å². The average molecular weight is 449 g/mol. The Kier molecular flexibility index (Phi) is 7.88. The van der Waals surface area contributed by atoms with Gasteiger partial charge in [0.15, 0.2) is 5.96 Å². The van der Waals surface area contributed by atoms with Gasteiger partial charge in [0.2, 0.25) is 10.0 Å². The molecule has 0 fully saturated rings. The van der Waals surface area contributed by atoms with E-state index in [0.717, 1.165) is 11.3 Å². The maximum Gasteiger partial charge on any atom is 0.241 e. The Morgan fingerprint density at radius 3 is 2.45 bits per heavy atom. The number of nitrogens with one attached hydrogen (secondary N) is 2. The number of guanidine groups is 1. The van der Waals surface area contributed by atoms with Gasteiger partial charge in [-0.15, -0.1) is 0 Å². The molecule has 2 aromatic rings. The van der Waals surface area contributed by atoms with Crippen LogP contribution >= 0.6 is 0 Å². The Morgan fingerprint density at radius 1 is 1.23 bits per heavy atom. The number of hydrogen-bond donors (Lipinski definition) is 2. The van der Waals surface area contributed by atoms with E-state index in [4.69, 9.17) is 0 Å². The van der Waals surface area contributed by atoms with Gasteiger partial charge in [-0.25, -0.2) is 13.1 Å². The van der Waals surface area contributed by atoms with Gasteiger partial charge in [0, 0.05) is 51.5 Å². The van der Waals surface area contributed by atoms with Gasteiger partial charge in [0.05, 0.1) is 10.6 Å². The van der Waals surface area contributed by atoms with Gasteiger partial charge in [-0.1, -0.05) is 32.0 Å². The monoisotopic (exact) mass is 448 g/mol. The third-order valence-corrected chi connectivity index (χ3v) is 6.46. The normalized spacial score (nSPS) is 13.0. The van der Waals surface area contributed by atoms with E-state index in [1.165, 1.54) is 0 Å². The zero-order valence-corrected chi connectivity index (χ0v) is 20.7. The molecule has 0 unspecified atom stereocenters. The van der Waals surface area contributed by atoms with Crippen LogP contribution in [0.25, 0.3) is 0 Å². The van der Waals surface area contributed by atoms with E-state index in [-0.39, 0.29) is 4.90 Å². The van der Waals surface area contributed by atoms with Gasteiger partial charge in [-0.3, -0.25) is 9.67 Å². The minimum atomic E-state index is -3.64. The van der Waals surface area contributed by atoms with Gasteiger partial charge in [0.1, 0.15) is 0 Å². The van der Waals surface area contributed by atoms with E-state index in [0.29, 0.717) is 30.5 Å². The average Bonchev–Trinajstić information content (AvgIpc) is 3.01. The first-order chi connectivity index (χ1) is 14.3. The van der Waals surface area contributed by atoms with Crippen LogP contribution in [-0.2, 0) is 30.2 Å². The number of sulfonamides is 1. The summed E-state index contributed by atoms with van der Waals surface area (Å²) < 4.78 is 30.3. The predicted molar refractivity (Wildman–Crippen MR) is 125 cm³/mol. The molecule has 0 atom stereocenters. The highest BCUT2D eigenvalue weighted by atomic mass is 32.2. The molecule has 2 N–H and O–H groups in total. The van der Waals surface area contributed by atoms with E-state index in [9.17, 15) is 8.42 Å². The molecule has 2 rings (SSSR count). The van der Waals surface area contributed by atoms with Crippen LogP contribution in [0.2, 0.25) is 0 Å². The van der Waals surface area contributed by atoms with Crippen molar-refractivity contribution in [1.82, 2.24) is 24.7 Å². The lowest BCUT2D eigenvalue weighted by molar-refractivity contribution is 0.472. The molecule has 0 spiro atoms. The van der Waals surface area contributed by atoms with Crippen LogP contribution in [0.1, 0.15) is 57.4 Å². The Bertz CT molecular complexity index is 1020. The second-order valence-corrected chi connectivity index (χ2v) is 10.7. The van der Waals surface area contributed by atoms with E-state index in [1.54, 1.807) is 19.2 Å². The number of aliphatic imine (C=N–C) groups is 1. The van der Waals surface area contributed by atoms with E-state index < -0.39 is 15.6 Å². The van der Waals surface area contributed by atoms with Crippen molar-refractivity contribution in [2.24, 2.45) is 12.0 Å². The smallest absolute Gasteiger partial charge is 0.241 e. The van der Waals surface area contributed by atoms with Crippen LogP contribution in [0.4, 0.5) is 0 Å². The highest BCUT2D eigenvalue weighted by Gasteiger charge is 2.24. The molecule has 0 amide bonds. The number of nitrogens with zero attached hydrogens (tertiary/aromatic N) is 4. The largest absolute Gasteiger partial charge is 0.352 e. The molecule has 1 aromatic heterocycles. The molecule has 0 aliphatic carbocycles. The number of rotatable bonds is 7. The van der Waals surface area contributed by atoms with Crippen LogP contribution < -0.4 is 10.0 Å². The van der Waals surface area contributed by atoms with Crippen LogP contribution in [0.5, 0.6) is 0 Å². The summed E-state index contributed by atoms with van der Waals surface area (Å²) in [4.78, 5) is 6.65. The third-order valence-electron chi connectivity index (χ3n) is 4.60. The molecule has 172 valence electrons. The molecule has 8 nitrogen and oxygen atoms in total. The van der Waals surface area contributed by atoms with Crippen LogP contribution in [0, 0.1) is 0 Å². The maximum absolute atomic E-state index is 12.9. The summed E-state index contributed by atoms with van der Waals surface area (Å²) in [7, 11) is 1.96. The summed E-state index contributed by atoms with van der Waals surface area (Å²) >= 11 is 0. The van der Waals surface area contributed by atoms with E-state index in [1.807, 2.05) is 62.8 Å². The molecule has 1 heterocycles. The molecule has 9 heteroatoms. The SMILES string of the molecule is CN=C(NCc1ccccc1S(=O)(=O)NC(C)(C)C)N(C)Cc1cn(C)nc1C(C)C. The molecule has 0 radical (unpaired) electrons. The van der Waals surface area contributed by atoms with Crippen molar-refractivity contribution in [3.05, 3.63) is 47.3 Å². The number of hydrogen-bond acceptors (Lipinski definition) is 4. The molecular weight excluding hydrogens is 412 g/mol. The summed E-state index contributed by atoms with van der Waals surface area (Å²) in [5.41, 5.74) is 2.32. The Balaban J connectivity index is 2.17. The molecule has 0 saturated heterocycles. The molecule has 0 aliphatic rings. The fourth-order valence-electron chi connectivity index (χ4n) is 3.42. The molecule has 0 bridgehead atoms. The second-order valence-electron chi connectivity index (χ2n) is 9.09. The minimum absolute atomic E-state index is 0.268. The quantitative estimate of drug-likeness (QED) is 0.502. The van der Waals surface area contributed by atoms with Crippen molar-refractivity contribution < 1.29 is 8.42 Å². The zero-order valence-electron chi connectivity index (χ0n) is 19.9. The molecule has 0 aliphatic heterocycles. The zero-order chi connectivity index (χ0) is 23.4. The summed E-state index contributed by atoms with van der Waals surface area (Å²) in [6.07, 6.45) is 2.03. The molecule has 31 heavy (non-hydrogen) atoms. The van der Waals surface area contributed by atoms with Gasteiger partial charge in [-0.2, -0.15) is 5.10 Å². The Morgan fingerprint density at radius 2 is 1.87 bits per heavy atom. The van der Waals surface area contributed by atoms with Crippen molar-refractivity contribution in [1.29, 1.82) is 0 Å². The molecule has 0 saturated carbocycles. The summed E-state index contributed by atoms with van der Waals surface area (Å²) in [6, 6.07) is 7.01. The topological polar surface area (TPSA) is 91.6 Å². The third kappa shape index (κ3) is 6.80. The van der Waals surface area contributed by atoms with Crippen molar-refractivity contribution in [3.8, 4) is 0 Å². The van der Waals surface area contributed by atoms with Crippen molar-refractivity contribution >= 4 is 16.0 Å². The van der Waals surface area contributed by atoms with Gasteiger partial charge >= 0.3 is 0 Å². The second kappa shape index (κ2) is 9.82. The number of benzene rings is 1. The highest BCUT2D eigenvalue weighted by molar-refractivity contribution is 7.89. The van der Waals surface area contributed by atoms with Crippen LogP contribution in [0.3, 0.4) is 0 Å². The van der Waals surface area contributed by atoms with Gasteiger partial charge < -0.3 is 10.2 Å². The summed E-state index contributed by atoms with van der Waals surface area (Å²) in [5.74, 6) is 1.00. The Hall–Kier alpha value is -2.39. The van der Waals surface area contributed by atoms with E-state index >= 15 is 0 Å². The van der Waals surface area contributed by atoms with Gasteiger partial charge in [-0.05, 0) is 38.3 Å². The lowest BCUT2D eigenvalue weighted by Gasteiger charge is -2.24. The summed E-state index contributed by atoms with van der Waals surface area (Å²) in [5, 5.41) is 7.86. The van der Waals surface area contributed by atoms with Crippen molar-refractivity contribution in [2.75, 3.05) is 14.1 Å². The number of aryl methyl sites for hydroxylation is 1. The molecule has 1 aromatic carbocycles. The first kappa shape index (κ1) is 24.9. The minimum Gasteiger partial charge on any atom is -0.352 e. The predicted octanol–water partition coefficient (Wildman–Crippen LogP) is 2.83. The lowest BCUT2D eigenvalue weighted by Crippen LogP contribution is -2.41. The summed E-state index contributed by atoms with van der Waals surface area (Å²) in [6.45, 7) is 10.7. The fourth-order valence-corrected chi connectivity index (χ4v) is 5.08. The van der Waals surface area contributed by atoms with E-state index in [2.05, 4.69) is 34.0 Å². The van der Waals surface area contributed by atoms with Crippen LogP contribution in [-0.4, -0.2) is 48.7 Å².